The smallest absolute Gasteiger partial charge is 0.379 e. The van der Waals surface area contributed by atoms with Gasteiger partial charge in [-0.2, -0.15) is 0 Å². The molecule has 0 aliphatic carbocycles. The van der Waals surface area contributed by atoms with E-state index in [-0.39, 0.29) is 35.4 Å². The van der Waals surface area contributed by atoms with Gasteiger partial charge in [-0.25, -0.2) is 13.2 Å². The Balaban J connectivity index is 1.50. The van der Waals surface area contributed by atoms with Crippen molar-refractivity contribution in [2.75, 3.05) is 17.4 Å². The molecule has 0 bridgehead atoms. The average Bonchev–Trinajstić information content (AvgIpc) is 3.60. The van der Waals surface area contributed by atoms with E-state index in [0.717, 1.165) is 5.56 Å². The Kier molecular flexibility index (Phi) is 10.7. The van der Waals surface area contributed by atoms with Gasteiger partial charge in [0, 0.05) is 30.7 Å². The fourth-order valence-corrected chi connectivity index (χ4v) is 7.21. The highest BCUT2D eigenvalue weighted by Crippen LogP contribution is 2.33. The first-order valence-corrected chi connectivity index (χ1v) is 17.0. The molecule has 11 heteroatoms. The summed E-state index contributed by atoms with van der Waals surface area (Å²) in [4.78, 5) is 28.0. The van der Waals surface area contributed by atoms with Crippen molar-refractivity contribution in [1.29, 1.82) is 0 Å². The van der Waals surface area contributed by atoms with Crippen molar-refractivity contribution >= 4 is 50.8 Å². The molecule has 0 atom stereocenters. The van der Waals surface area contributed by atoms with Crippen LogP contribution in [0.15, 0.2) is 119 Å². The molecule has 1 aromatic heterocycles. The van der Waals surface area contributed by atoms with Crippen LogP contribution in [0.1, 0.15) is 44.5 Å². The lowest BCUT2D eigenvalue weighted by atomic mass is 10.1. The number of carbonyl (C=O) groups is 2. The lowest BCUT2D eigenvalue weighted by molar-refractivity contribution is 0.0699. The number of benzene rings is 4. The van der Waals surface area contributed by atoms with E-state index in [9.17, 15) is 18.0 Å². The van der Waals surface area contributed by atoms with Gasteiger partial charge in [-0.3, -0.25) is 9.10 Å². The monoisotopic (exact) mass is 690 g/mol. The third-order valence-corrected chi connectivity index (χ3v) is 9.84. The van der Waals surface area contributed by atoms with Crippen LogP contribution < -0.4 is 9.04 Å². The second kappa shape index (κ2) is 14.9. The van der Waals surface area contributed by atoms with Gasteiger partial charge in [-0.15, -0.1) is 0 Å². The van der Waals surface area contributed by atoms with Crippen LogP contribution in [0.4, 0.5) is 5.69 Å². The molecule has 0 aliphatic heterocycles. The molecular formula is C36H32Cl2N2O6S. The van der Waals surface area contributed by atoms with Crippen molar-refractivity contribution in [2.24, 2.45) is 0 Å². The van der Waals surface area contributed by atoms with Crippen molar-refractivity contribution in [3.63, 3.8) is 0 Å². The summed E-state index contributed by atoms with van der Waals surface area (Å²) in [6.07, 6.45) is 1.90. The van der Waals surface area contributed by atoms with Crippen LogP contribution in [0, 0.1) is 6.92 Å². The summed E-state index contributed by atoms with van der Waals surface area (Å²) in [5.74, 6) is -1.02. The molecule has 47 heavy (non-hydrogen) atoms. The number of nitrogens with zero attached hydrogens (tertiary/aromatic N) is 2. The SMILES string of the molecule is CCN(c1ccc(Cl)cc1CN(CCc1ccccc1)C(=O)c1ccccc1Cl)S(=O)(=O)c1cc(C)cc(OC(=O)c2ccco2)c1. The number of amides is 1. The number of ether oxygens (including phenoxy) is 1. The first-order valence-electron chi connectivity index (χ1n) is 14.8. The zero-order valence-electron chi connectivity index (χ0n) is 25.7. The third-order valence-electron chi connectivity index (χ3n) is 7.41. The van der Waals surface area contributed by atoms with E-state index >= 15 is 0 Å². The number of furan rings is 1. The van der Waals surface area contributed by atoms with Gasteiger partial charge >= 0.3 is 5.97 Å². The maximum Gasteiger partial charge on any atom is 0.379 e. The summed E-state index contributed by atoms with van der Waals surface area (Å²) in [7, 11) is -4.19. The molecular weight excluding hydrogens is 659 g/mol. The zero-order chi connectivity index (χ0) is 33.6. The van der Waals surface area contributed by atoms with Crippen molar-refractivity contribution < 1.29 is 27.2 Å². The quantitative estimate of drug-likeness (QED) is 0.0967. The first kappa shape index (κ1) is 33.8. The van der Waals surface area contributed by atoms with E-state index in [1.165, 1.54) is 28.8 Å². The Morgan fingerprint density at radius 2 is 1.62 bits per heavy atom. The van der Waals surface area contributed by atoms with Gasteiger partial charge < -0.3 is 14.1 Å². The fourth-order valence-electron chi connectivity index (χ4n) is 5.17. The summed E-state index contributed by atoms with van der Waals surface area (Å²) in [6.45, 7) is 3.87. The van der Waals surface area contributed by atoms with Gasteiger partial charge in [0.15, 0.2) is 0 Å². The van der Waals surface area contributed by atoms with Crippen LogP contribution in [0.2, 0.25) is 10.0 Å². The van der Waals surface area contributed by atoms with Crippen molar-refractivity contribution in [1.82, 2.24) is 4.90 Å². The predicted octanol–water partition coefficient (Wildman–Crippen LogP) is 8.21. The molecule has 1 heterocycles. The number of aryl methyl sites for hydroxylation is 1. The first-order chi connectivity index (χ1) is 22.6. The number of sulfonamides is 1. The molecule has 0 aliphatic rings. The minimum Gasteiger partial charge on any atom is -0.457 e. The van der Waals surface area contributed by atoms with Gasteiger partial charge in [0.2, 0.25) is 5.76 Å². The van der Waals surface area contributed by atoms with Crippen LogP contribution in [0.3, 0.4) is 0 Å². The second-order valence-corrected chi connectivity index (χ2v) is 13.4. The average molecular weight is 692 g/mol. The maximum absolute atomic E-state index is 14.3. The molecule has 0 radical (unpaired) electrons. The largest absolute Gasteiger partial charge is 0.457 e. The maximum atomic E-state index is 14.3. The van der Waals surface area contributed by atoms with E-state index in [0.29, 0.717) is 45.4 Å². The summed E-state index contributed by atoms with van der Waals surface area (Å²) in [6, 6.07) is 28.8. The Hall–Kier alpha value is -4.57. The fraction of sp³-hybridized carbons (Fsp3) is 0.167. The molecule has 0 fully saturated rings. The van der Waals surface area contributed by atoms with E-state index in [1.54, 1.807) is 73.3 Å². The third kappa shape index (κ3) is 8.05. The van der Waals surface area contributed by atoms with Gasteiger partial charge in [-0.1, -0.05) is 65.7 Å². The number of rotatable bonds is 12. The molecule has 242 valence electrons. The van der Waals surface area contributed by atoms with E-state index in [1.807, 2.05) is 30.3 Å². The van der Waals surface area contributed by atoms with Crippen LogP contribution in [-0.4, -0.2) is 38.3 Å². The molecule has 0 unspecified atom stereocenters. The Labute approximate surface area is 284 Å². The van der Waals surface area contributed by atoms with Crippen molar-refractivity contribution in [2.45, 2.75) is 31.7 Å². The lowest BCUT2D eigenvalue weighted by Crippen LogP contribution is -2.35. The summed E-state index contributed by atoms with van der Waals surface area (Å²) < 4.78 is 40.3. The van der Waals surface area contributed by atoms with E-state index in [4.69, 9.17) is 32.4 Å². The minimum atomic E-state index is -4.19. The molecule has 4 aromatic carbocycles. The number of esters is 1. The van der Waals surface area contributed by atoms with E-state index < -0.39 is 16.0 Å². The summed E-state index contributed by atoms with van der Waals surface area (Å²) in [5.41, 5.74) is 2.81. The Bertz CT molecular complexity index is 1980. The summed E-state index contributed by atoms with van der Waals surface area (Å²) in [5, 5.41) is 0.697. The topological polar surface area (TPSA) is 97.1 Å². The standard InChI is InChI=1S/C36H32Cl2N2O6S/c1-3-40(47(43,44)30-21-25(2)20-29(23-30)46-36(42)34-14-9-19-45-34)33-16-15-28(37)22-27(33)24-39(18-17-26-10-5-4-6-11-26)35(41)31-12-7-8-13-32(31)38/h4-16,19-23H,3,17-18,24H2,1-2H3. The summed E-state index contributed by atoms with van der Waals surface area (Å²) >= 11 is 12.9. The number of carbonyl (C=O) groups excluding carboxylic acids is 2. The number of hydrogen-bond acceptors (Lipinski definition) is 6. The molecule has 0 saturated heterocycles. The van der Waals surface area contributed by atoms with Crippen molar-refractivity contribution in [3.05, 3.63) is 147 Å². The Morgan fingerprint density at radius 1 is 0.872 bits per heavy atom. The molecule has 1 amide bonds. The molecule has 8 nitrogen and oxygen atoms in total. The van der Waals surface area contributed by atoms with Gasteiger partial charge in [0.1, 0.15) is 5.75 Å². The minimum absolute atomic E-state index is 0.0138. The normalized spacial score (nSPS) is 11.2. The molecule has 5 aromatic rings. The highest BCUT2D eigenvalue weighted by atomic mass is 35.5. The van der Waals surface area contributed by atoms with Gasteiger partial charge in [-0.05, 0) is 91.6 Å². The van der Waals surface area contributed by atoms with Crippen LogP contribution >= 0.6 is 23.2 Å². The predicted molar refractivity (Wildman–Crippen MR) is 183 cm³/mol. The Morgan fingerprint density at radius 3 is 2.32 bits per heavy atom. The zero-order valence-corrected chi connectivity index (χ0v) is 28.1. The second-order valence-electron chi connectivity index (χ2n) is 10.7. The number of anilines is 1. The highest BCUT2D eigenvalue weighted by Gasteiger charge is 2.29. The van der Waals surface area contributed by atoms with Gasteiger partial charge in [0.05, 0.1) is 27.4 Å². The molecule has 0 saturated carbocycles. The number of halogens is 2. The van der Waals surface area contributed by atoms with Gasteiger partial charge in [0.25, 0.3) is 15.9 Å². The highest BCUT2D eigenvalue weighted by molar-refractivity contribution is 7.92. The lowest BCUT2D eigenvalue weighted by Gasteiger charge is -2.29. The molecule has 0 N–H and O–H groups in total. The molecule has 5 rings (SSSR count). The van der Waals surface area contributed by atoms with E-state index in [2.05, 4.69) is 0 Å². The van der Waals surface area contributed by atoms with Crippen LogP contribution in [0.25, 0.3) is 0 Å². The molecule has 0 spiro atoms. The van der Waals surface area contributed by atoms with Crippen molar-refractivity contribution in [3.8, 4) is 5.75 Å². The number of hydrogen-bond donors (Lipinski definition) is 0. The van der Waals surface area contributed by atoms with Crippen LogP contribution in [0.5, 0.6) is 5.75 Å². The van der Waals surface area contributed by atoms with Crippen LogP contribution in [-0.2, 0) is 23.0 Å².